The highest BCUT2D eigenvalue weighted by molar-refractivity contribution is 5.71. The van der Waals surface area contributed by atoms with Crippen LogP contribution in [0.15, 0.2) is 36.5 Å². The van der Waals surface area contributed by atoms with Gasteiger partial charge in [0.25, 0.3) is 0 Å². The number of rotatable bonds is 40. The number of hydrogen-bond acceptors (Lipinski definition) is 6. The van der Waals surface area contributed by atoms with Gasteiger partial charge in [-0.25, -0.2) is 0 Å². The van der Waals surface area contributed by atoms with Crippen LogP contribution in [-0.4, -0.2) is 37.2 Å². The monoisotopic (exact) mass is 745 g/mol. The molecule has 53 heavy (non-hydrogen) atoms. The zero-order chi connectivity index (χ0) is 38.7. The van der Waals surface area contributed by atoms with Gasteiger partial charge in [0.1, 0.15) is 13.2 Å². The number of allylic oxidation sites excluding steroid dienone is 6. The Morgan fingerprint density at radius 3 is 1.21 bits per heavy atom. The number of carbonyl (C=O) groups excluding carboxylic acids is 3. The van der Waals surface area contributed by atoms with Crippen molar-refractivity contribution in [3.8, 4) is 0 Å². The van der Waals surface area contributed by atoms with Crippen LogP contribution < -0.4 is 0 Å². The van der Waals surface area contributed by atoms with Gasteiger partial charge < -0.3 is 14.2 Å². The molecule has 6 nitrogen and oxygen atoms in total. The highest BCUT2D eigenvalue weighted by Gasteiger charge is 2.19. The minimum atomic E-state index is -0.784. The van der Waals surface area contributed by atoms with Crippen LogP contribution in [0.4, 0.5) is 0 Å². The first-order valence-electron chi connectivity index (χ1n) is 22.5. The number of carbonyl (C=O) groups is 3. The number of ether oxygens (including phenoxy) is 3. The Hall–Kier alpha value is -2.37. The molecule has 308 valence electrons. The van der Waals surface area contributed by atoms with E-state index < -0.39 is 6.10 Å². The van der Waals surface area contributed by atoms with Crippen molar-refractivity contribution in [1.82, 2.24) is 0 Å². The number of esters is 3. The van der Waals surface area contributed by atoms with Crippen molar-refractivity contribution >= 4 is 17.9 Å². The van der Waals surface area contributed by atoms with E-state index in [0.29, 0.717) is 19.3 Å². The average molecular weight is 745 g/mol. The molecule has 0 saturated heterocycles. The third-order valence-electron chi connectivity index (χ3n) is 9.63. The normalized spacial score (nSPS) is 12.3. The van der Waals surface area contributed by atoms with Gasteiger partial charge in [0.05, 0.1) is 0 Å². The van der Waals surface area contributed by atoms with Crippen molar-refractivity contribution in [3.05, 3.63) is 36.5 Å². The summed E-state index contributed by atoms with van der Waals surface area (Å²) in [6.45, 7) is 6.45. The Morgan fingerprint density at radius 2 is 0.736 bits per heavy atom. The van der Waals surface area contributed by atoms with Crippen LogP contribution in [0.25, 0.3) is 0 Å². The van der Waals surface area contributed by atoms with E-state index in [1.54, 1.807) is 0 Å². The van der Waals surface area contributed by atoms with Gasteiger partial charge in [0, 0.05) is 19.3 Å². The second-order valence-electron chi connectivity index (χ2n) is 14.9. The molecule has 0 saturated carbocycles. The van der Waals surface area contributed by atoms with Crippen molar-refractivity contribution in [2.75, 3.05) is 13.2 Å². The van der Waals surface area contributed by atoms with Gasteiger partial charge >= 0.3 is 17.9 Å². The average Bonchev–Trinajstić information content (AvgIpc) is 3.15. The summed E-state index contributed by atoms with van der Waals surface area (Å²) in [7, 11) is 0. The molecule has 0 N–H and O–H groups in total. The SMILES string of the molecule is CC/C=C\C/C=C\CCCCC(=O)OCC(COC(=O)CCCCC/C=C\CCCCCCCC)OC(=O)CCCCCCCCCCCCCCC. The number of unbranched alkanes of at least 4 members (excludes halogenated alkanes) is 23. The molecule has 0 heterocycles. The molecule has 0 bridgehead atoms. The van der Waals surface area contributed by atoms with E-state index in [4.69, 9.17) is 14.2 Å². The maximum absolute atomic E-state index is 12.7. The Labute approximate surface area is 327 Å². The molecule has 0 aliphatic rings. The Bertz CT molecular complexity index is 907. The quantitative estimate of drug-likeness (QED) is 0.0269. The predicted molar refractivity (Wildman–Crippen MR) is 224 cm³/mol. The van der Waals surface area contributed by atoms with Crippen LogP contribution in [0.5, 0.6) is 0 Å². The van der Waals surface area contributed by atoms with E-state index in [9.17, 15) is 14.4 Å². The van der Waals surface area contributed by atoms with Gasteiger partial charge in [-0.15, -0.1) is 0 Å². The molecule has 0 rings (SSSR count). The molecule has 0 aliphatic carbocycles. The molecule has 0 aliphatic heterocycles. The second-order valence-corrected chi connectivity index (χ2v) is 14.9. The van der Waals surface area contributed by atoms with Gasteiger partial charge in [0.2, 0.25) is 0 Å². The lowest BCUT2D eigenvalue weighted by molar-refractivity contribution is -0.167. The summed E-state index contributed by atoms with van der Waals surface area (Å²) in [5.41, 5.74) is 0. The van der Waals surface area contributed by atoms with Crippen molar-refractivity contribution < 1.29 is 28.6 Å². The van der Waals surface area contributed by atoms with Gasteiger partial charge in [-0.3, -0.25) is 14.4 Å². The summed E-state index contributed by atoms with van der Waals surface area (Å²) in [5.74, 6) is -0.939. The molecule has 0 amide bonds. The van der Waals surface area contributed by atoms with Crippen molar-refractivity contribution in [3.63, 3.8) is 0 Å². The standard InChI is InChI=1S/C47H84O6/c1-4-7-10-13-16-19-21-23-25-28-31-34-37-40-46(49)52-43-44(42-51-45(48)39-36-33-30-27-18-15-12-9-6-3)53-47(50)41-38-35-32-29-26-24-22-20-17-14-11-8-5-2/h9,12,18,23,25,27,44H,4-8,10-11,13-17,19-22,24,26,28-43H2,1-3H3/b12-9-,25-23-,27-18-. The van der Waals surface area contributed by atoms with Crippen LogP contribution >= 0.6 is 0 Å². The van der Waals surface area contributed by atoms with E-state index in [1.807, 2.05) is 0 Å². The second kappa shape index (κ2) is 42.4. The van der Waals surface area contributed by atoms with E-state index >= 15 is 0 Å². The molecule has 6 heteroatoms. The maximum atomic E-state index is 12.7. The first-order valence-corrected chi connectivity index (χ1v) is 22.5. The summed E-state index contributed by atoms with van der Waals surface area (Å²) in [6, 6.07) is 0. The predicted octanol–water partition coefficient (Wildman–Crippen LogP) is 14.2. The highest BCUT2D eigenvalue weighted by atomic mass is 16.6. The zero-order valence-corrected chi connectivity index (χ0v) is 35.0. The minimum Gasteiger partial charge on any atom is -0.462 e. The van der Waals surface area contributed by atoms with Crippen molar-refractivity contribution in [2.45, 2.75) is 232 Å². The van der Waals surface area contributed by atoms with E-state index in [0.717, 1.165) is 83.5 Å². The molecular weight excluding hydrogens is 661 g/mol. The van der Waals surface area contributed by atoms with E-state index in [2.05, 4.69) is 57.2 Å². The first kappa shape index (κ1) is 50.6. The summed E-state index contributed by atoms with van der Waals surface area (Å²) in [4.78, 5) is 37.6. The third kappa shape index (κ3) is 40.6. The fourth-order valence-corrected chi connectivity index (χ4v) is 6.24. The Kier molecular flexibility index (Phi) is 40.5. The largest absolute Gasteiger partial charge is 0.462 e. The molecule has 0 fully saturated rings. The lowest BCUT2D eigenvalue weighted by atomic mass is 10.0. The summed E-state index contributed by atoms with van der Waals surface area (Å²) < 4.78 is 16.6. The van der Waals surface area contributed by atoms with E-state index in [1.165, 1.54) is 103 Å². The van der Waals surface area contributed by atoms with Gasteiger partial charge in [0.15, 0.2) is 6.10 Å². The van der Waals surface area contributed by atoms with Crippen molar-refractivity contribution in [1.29, 1.82) is 0 Å². The fourth-order valence-electron chi connectivity index (χ4n) is 6.24. The van der Waals surface area contributed by atoms with Crippen LogP contribution in [-0.2, 0) is 28.6 Å². The summed E-state index contributed by atoms with van der Waals surface area (Å²) >= 11 is 0. The van der Waals surface area contributed by atoms with Crippen LogP contribution in [0.3, 0.4) is 0 Å². The molecular formula is C47H84O6. The van der Waals surface area contributed by atoms with Gasteiger partial charge in [-0.2, -0.15) is 0 Å². The Balaban J connectivity index is 4.39. The molecule has 0 radical (unpaired) electrons. The first-order chi connectivity index (χ1) is 26.0. The number of hydrogen-bond donors (Lipinski definition) is 0. The smallest absolute Gasteiger partial charge is 0.306 e. The fraction of sp³-hybridized carbons (Fsp3) is 0.809. The topological polar surface area (TPSA) is 78.9 Å². The van der Waals surface area contributed by atoms with E-state index in [-0.39, 0.29) is 31.1 Å². The van der Waals surface area contributed by atoms with Gasteiger partial charge in [-0.1, -0.05) is 173 Å². The lowest BCUT2D eigenvalue weighted by Gasteiger charge is -2.18. The summed E-state index contributed by atoms with van der Waals surface area (Å²) in [5, 5.41) is 0. The zero-order valence-electron chi connectivity index (χ0n) is 35.0. The molecule has 1 atom stereocenters. The van der Waals surface area contributed by atoms with Gasteiger partial charge in [-0.05, 0) is 70.6 Å². The highest BCUT2D eigenvalue weighted by Crippen LogP contribution is 2.14. The van der Waals surface area contributed by atoms with Crippen LogP contribution in [0, 0.1) is 0 Å². The van der Waals surface area contributed by atoms with Crippen LogP contribution in [0.2, 0.25) is 0 Å². The molecule has 0 aromatic rings. The minimum absolute atomic E-state index is 0.0884. The van der Waals surface area contributed by atoms with Crippen LogP contribution in [0.1, 0.15) is 226 Å². The molecule has 0 spiro atoms. The lowest BCUT2D eigenvalue weighted by Crippen LogP contribution is -2.30. The molecule has 1 unspecified atom stereocenters. The Morgan fingerprint density at radius 1 is 0.396 bits per heavy atom. The maximum Gasteiger partial charge on any atom is 0.306 e. The third-order valence-corrected chi connectivity index (χ3v) is 9.63. The van der Waals surface area contributed by atoms with Crippen molar-refractivity contribution in [2.24, 2.45) is 0 Å². The summed E-state index contributed by atoms with van der Waals surface area (Å²) in [6.07, 6.45) is 47.1. The molecule has 0 aromatic carbocycles. The molecule has 0 aromatic heterocycles.